The number of benzene rings is 1. The van der Waals surface area contributed by atoms with Gasteiger partial charge in [0.2, 0.25) is 11.8 Å². The molecule has 4 amide bonds. The van der Waals surface area contributed by atoms with E-state index in [1.165, 1.54) is 6.42 Å². The van der Waals surface area contributed by atoms with Crippen molar-refractivity contribution in [3.05, 3.63) is 34.9 Å². The number of piperidine rings is 2. The Labute approximate surface area is 175 Å². The van der Waals surface area contributed by atoms with Crippen molar-refractivity contribution in [1.82, 2.24) is 15.1 Å². The van der Waals surface area contributed by atoms with Crippen molar-refractivity contribution in [2.45, 2.75) is 63.6 Å². The number of imide groups is 2. The number of carbonyl (C=O) groups is 4. The number of nitrogens with zero attached hydrogens (tertiary/aromatic N) is 2. The van der Waals surface area contributed by atoms with E-state index in [2.05, 4.69) is 10.2 Å². The molecule has 3 aliphatic rings. The summed E-state index contributed by atoms with van der Waals surface area (Å²) >= 11 is 0. The van der Waals surface area contributed by atoms with Crippen LogP contribution in [0.2, 0.25) is 0 Å². The van der Waals surface area contributed by atoms with Gasteiger partial charge in [-0.05, 0) is 62.9 Å². The van der Waals surface area contributed by atoms with E-state index in [0.29, 0.717) is 23.7 Å². The lowest BCUT2D eigenvalue weighted by molar-refractivity contribution is -0.136. The van der Waals surface area contributed by atoms with Gasteiger partial charge >= 0.3 is 0 Å². The fourth-order valence-corrected chi connectivity index (χ4v) is 4.80. The molecule has 160 valence electrons. The van der Waals surface area contributed by atoms with E-state index >= 15 is 0 Å². The first-order chi connectivity index (χ1) is 14.5. The first-order valence-corrected chi connectivity index (χ1v) is 10.8. The molecule has 8 nitrogen and oxygen atoms in total. The maximum atomic E-state index is 13.0. The highest BCUT2D eigenvalue weighted by Gasteiger charge is 2.44. The molecule has 0 aliphatic carbocycles. The summed E-state index contributed by atoms with van der Waals surface area (Å²) in [5.41, 5.74) is 7.34. The highest BCUT2D eigenvalue weighted by molar-refractivity contribution is 6.23. The molecule has 2 saturated heterocycles. The predicted octanol–water partition coefficient (Wildman–Crippen LogP) is 1.18. The van der Waals surface area contributed by atoms with Crippen molar-refractivity contribution in [2.75, 3.05) is 13.1 Å². The fourth-order valence-electron chi connectivity index (χ4n) is 4.80. The SMILES string of the molecule is NCCCC1CCCCN1Cc1ccc2c(c1)C(=O)N(C1CCC(=O)NC1=O)C2=O. The Morgan fingerprint density at radius 1 is 1.03 bits per heavy atom. The molecule has 3 N–H and O–H groups in total. The molecule has 8 heteroatoms. The quantitative estimate of drug-likeness (QED) is 0.679. The van der Waals surface area contributed by atoms with Crippen LogP contribution in [0.3, 0.4) is 0 Å². The molecule has 2 atom stereocenters. The summed E-state index contributed by atoms with van der Waals surface area (Å²) in [6.07, 6.45) is 5.90. The van der Waals surface area contributed by atoms with Gasteiger partial charge < -0.3 is 5.73 Å². The monoisotopic (exact) mass is 412 g/mol. The first kappa shape index (κ1) is 20.7. The minimum atomic E-state index is -0.929. The number of nitrogens with one attached hydrogen (secondary N) is 1. The Kier molecular flexibility index (Phi) is 5.97. The molecule has 0 radical (unpaired) electrons. The van der Waals surface area contributed by atoms with Crippen LogP contribution in [0, 0.1) is 0 Å². The summed E-state index contributed by atoms with van der Waals surface area (Å²) in [6, 6.07) is 4.94. The van der Waals surface area contributed by atoms with Gasteiger partial charge in [-0.15, -0.1) is 0 Å². The smallest absolute Gasteiger partial charge is 0.262 e. The zero-order valence-corrected chi connectivity index (χ0v) is 17.1. The normalized spacial score (nSPS) is 24.9. The number of hydrogen-bond acceptors (Lipinski definition) is 6. The second kappa shape index (κ2) is 8.65. The van der Waals surface area contributed by atoms with Gasteiger partial charge in [-0.3, -0.25) is 34.3 Å². The van der Waals surface area contributed by atoms with Crippen molar-refractivity contribution < 1.29 is 19.2 Å². The summed E-state index contributed by atoms with van der Waals surface area (Å²) in [6.45, 7) is 2.43. The summed E-state index contributed by atoms with van der Waals surface area (Å²) in [5, 5.41) is 2.22. The minimum absolute atomic E-state index is 0.119. The van der Waals surface area contributed by atoms with Crippen molar-refractivity contribution >= 4 is 23.6 Å². The number of rotatable bonds is 6. The Hall–Kier alpha value is -2.58. The number of fused-ring (bicyclic) bond motifs is 1. The van der Waals surface area contributed by atoms with E-state index < -0.39 is 23.8 Å². The van der Waals surface area contributed by atoms with E-state index in [1.54, 1.807) is 12.1 Å². The average molecular weight is 412 g/mol. The lowest BCUT2D eigenvalue weighted by Crippen LogP contribution is -2.54. The molecule has 0 saturated carbocycles. The summed E-state index contributed by atoms with van der Waals surface area (Å²) < 4.78 is 0. The van der Waals surface area contributed by atoms with Gasteiger partial charge in [0.25, 0.3) is 11.8 Å². The Morgan fingerprint density at radius 3 is 2.60 bits per heavy atom. The third-order valence-corrected chi connectivity index (χ3v) is 6.38. The van der Waals surface area contributed by atoms with Gasteiger partial charge in [-0.1, -0.05) is 12.5 Å². The highest BCUT2D eigenvalue weighted by Crippen LogP contribution is 2.29. The summed E-state index contributed by atoms with van der Waals surface area (Å²) in [4.78, 5) is 52.9. The molecular formula is C22H28N4O4. The van der Waals surface area contributed by atoms with E-state index in [-0.39, 0.29) is 18.7 Å². The van der Waals surface area contributed by atoms with Crippen molar-refractivity contribution in [1.29, 1.82) is 0 Å². The number of hydrogen-bond donors (Lipinski definition) is 2. The molecule has 1 aromatic rings. The van der Waals surface area contributed by atoms with Gasteiger partial charge in [-0.25, -0.2) is 0 Å². The fraction of sp³-hybridized carbons (Fsp3) is 0.545. The van der Waals surface area contributed by atoms with Crippen LogP contribution >= 0.6 is 0 Å². The minimum Gasteiger partial charge on any atom is -0.330 e. The number of likely N-dealkylation sites (tertiary alicyclic amines) is 1. The lowest BCUT2D eigenvalue weighted by Gasteiger charge is -2.36. The van der Waals surface area contributed by atoms with Crippen LogP contribution in [0.4, 0.5) is 0 Å². The molecule has 30 heavy (non-hydrogen) atoms. The summed E-state index contributed by atoms with van der Waals surface area (Å²) in [7, 11) is 0. The Balaban J connectivity index is 1.52. The number of amides is 4. The molecule has 4 rings (SSSR count). The van der Waals surface area contributed by atoms with Crippen LogP contribution in [0.25, 0.3) is 0 Å². The van der Waals surface area contributed by atoms with Crippen molar-refractivity contribution in [3.8, 4) is 0 Å². The largest absolute Gasteiger partial charge is 0.330 e. The molecule has 2 fully saturated rings. The van der Waals surface area contributed by atoms with E-state index in [0.717, 1.165) is 49.2 Å². The molecule has 3 aliphatic heterocycles. The molecule has 0 aromatic heterocycles. The Bertz CT molecular complexity index is 884. The second-order valence-electron chi connectivity index (χ2n) is 8.38. The van der Waals surface area contributed by atoms with Gasteiger partial charge in [0, 0.05) is 19.0 Å². The molecule has 0 spiro atoms. The molecule has 3 heterocycles. The molecule has 2 unspecified atom stereocenters. The summed E-state index contributed by atoms with van der Waals surface area (Å²) in [5.74, 6) is -1.88. The predicted molar refractivity (Wildman–Crippen MR) is 109 cm³/mol. The van der Waals surface area contributed by atoms with Crippen molar-refractivity contribution in [2.24, 2.45) is 5.73 Å². The topological polar surface area (TPSA) is 113 Å². The first-order valence-electron chi connectivity index (χ1n) is 10.8. The van der Waals surface area contributed by atoms with Gasteiger partial charge in [0.15, 0.2) is 0 Å². The number of carbonyl (C=O) groups excluding carboxylic acids is 4. The molecular weight excluding hydrogens is 384 g/mol. The van der Waals surface area contributed by atoms with Gasteiger partial charge in [-0.2, -0.15) is 0 Å². The number of nitrogens with two attached hydrogens (primary N) is 1. The van der Waals surface area contributed by atoms with Crippen LogP contribution < -0.4 is 11.1 Å². The van der Waals surface area contributed by atoms with Crippen LogP contribution in [-0.2, 0) is 16.1 Å². The van der Waals surface area contributed by atoms with Crippen LogP contribution in [0.15, 0.2) is 18.2 Å². The van der Waals surface area contributed by atoms with E-state index in [1.807, 2.05) is 6.07 Å². The third-order valence-electron chi connectivity index (χ3n) is 6.38. The third kappa shape index (κ3) is 3.89. The second-order valence-corrected chi connectivity index (χ2v) is 8.38. The van der Waals surface area contributed by atoms with E-state index in [9.17, 15) is 19.2 Å². The van der Waals surface area contributed by atoms with Crippen LogP contribution in [0.1, 0.15) is 71.2 Å². The highest BCUT2D eigenvalue weighted by atomic mass is 16.2. The zero-order valence-electron chi connectivity index (χ0n) is 17.1. The lowest BCUT2D eigenvalue weighted by atomic mass is 9.96. The van der Waals surface area contributed by atoms with Crippen molar-refractivity contribution in [3.63, 3.8) is 0 Å². The van der Waals surface area contributed by atoms with E-state index in [4.69, 9.17) is 5.73 Å². The van der Waals surface area contributed by atoms with Crippen LogP contribution in [0.5, 0.6) is 0 Å². The average Bonchev–Trinajstić information content (AvgIpc) is 2.98. The maximum Gasteiger partial charge on any atom is 0.262 e. The molecule has 0 bridgehead atoms. The van der Waals surface area contributed by atoms with Gasteiger partial charge in [0.1, 0.15) is 6.04 Å². The van der Waals surface area contributed by atoms with Crippen LogP contribution in [-0.4, -0.2) is 58.6 Å². The zero-order chi connectivity index (χ0) is 21.3. The Morgan fingerprint density at radius 2 is 1.83 bits per heavy atom. The maximum absolute atomic E-state index is 13.0. The standard InChI is InChI=1S/C22H28N4O4/c23-10-3-5-15-4-1-2-11-25(15)13-14-6-7-16-17(12-14)22(30)26(21(16)29)18-8-9-19(27)24-20(18)28/h6-7,12,15,18H,1-5,8-11,13,23H2,(H,24,27,28). The van der Waals surface area contributed by atoms with Gasteiger partial charge in [0.05, 0.1) is 11.1 Å². The molecule has 1 aromatic carbocycles.